The van der Waals surface area contributed by atoms with E-state index in [1.54, 1.807) is 24.3 Å². The van der Waals surface area contributed by atoms with Gasteiger partial charge in [0.1, 0.15) is 0 Å². The highest BCUT2D eigenvalue weighted by Gasteiger charge is 2.36. The standard InChI is InChI=1S/C12H10BrNO3/c13-8-3-1-2-7(6-8)11(16)10-9(15)4-5-14-12(10)17/h1-3,6,10H,4-5H2,(H,14,17). The molecule has 0 spiro atoms. The number of hydrogen-bond donors (Lipinski definition) is 1. The molecule has 1 aliphatic rings. The van der Waals surface area contributed by atoms with Crippen LogP contribution in [0.15, 0.2) is 28.7 Å². The largest absolute Gasteiger partial charge is 0.355 e. The van der Waals surface area contributed by atoms with Gasteiger partial charge in [-0.2, -0.15) is 0 Å². The van der Waals surface area contributed by atoms with Crippen molar-refractivity contribution in [2.45, 2.75) is 6.42 Å². The van der Waals surface area contributed by atoms with Crippen LogP contribution in [-0.4, -0.2) is 24.0 Å². The molecule has 2 rings (SSSR count). The number of Topliss-reactive ketones (excluding diaryl/α,β-unsaturated/α-hetero) is 2. The fourth-order valence-corrected chi connectivity index (χ4v) is 2.17. The van der Waals surface area contributed by atoms with E-state index in [4.69, 9.17) is 0 Å². The van der Waals surface area contributed by atoms with E-state index in [-0.39, 0.29) is 12.2 Å². The van der Waals surface area contributed by atoms with Crippen molar-refractivity contribution >= 4 is 33.4 Å². The minimum Gasteiger partial charge on any atom is -0.355 e. The van der Waals surface area contributed by atoms with E-state index in [0.717, 1.165) is 4.47 Å². The summed E-state index contributed by atoms with van der Waals surface area (Å²) in [4.78, 5) is 35.2. The molecule has 88 valence electrons. The molecule has 1 aromatic carbocycles. The van der Waals surface area contributed by atoms with Crippen molar-refractivity contribution in [2.75, 3.05) is 6.54 Å². The number of hydrogen-bond acceptors (Lipinski definition) is 3. The van der Waals surface area contributed by atoms with Crippen LogP contribution < -0.4 is 5.32 Å². The number of carbonyl (C=O) groups is 3. The van der Waals surface area contributed by atoms with Crippen LogP contribution in [-0.2, 0) is 9.59 Å². The van der Waals surface area contributed by atoms with Gasteiger partial charge in [0.2, 0.25) is 5.91 Å². The van der Waals surface area contributed by atoms with Crippen molar-refractivity contribution in [1.82, 2.24) is 5.32 Å². The Morgan fingerprint density at radius 2 is 2.12 bits per heavy atom. The summed E-state index contributed by atoms with van der Waals surface area (Å²) in [5.41, 5.74) is 0.370. The fraction of sp³-hybridized carbons (Fsp3) is 0.250. The Balaban J connectivity index is 2.30. The molecule has 0 radical (unpaired) electrons. The van der Waals surface area contributed by atoms with Crippen molar-refractivity contribution < 1.29 is 14.4 Å². The lowest BCUT2D eigenvalue weighted by molar-refractivity contribution is -0.134. The minimum atomic E-state index is -1.18. The van der Waals surface area contributed by atoms with Crippen LogP contribution in [0, 0.1) is 5.92 Å². The number of halogens is 1. The van der Waals surface area contributed by atoms with E-state index in [9.17, 15) is 14.4 Å². The van der Waals surface area contributed by atoms with Gasteiger partial charge in [-0.25, -0.2) is 0 Å². The second kappa shape index (κ2) is 4.79. The molecular weight excluding hydrogens is 286 g/mol. The second-order valence-corrected chi connectivity index (χ2v) is 4.73. The number of ketones is 2. The van der Waals surface area contributed by atoms with E-state index in [2.05, 4.69) is 21.2 Å². The van der Waals surface area contributed by atoms with E-state index in [0.29, 0.717) is 12.1 Å². The average molecular weight is 296 g/mol. The van der Waals surface area contributed by atoms with Gasteiger partial charge in [0, 0.05) is 23.0 Å². The van der Waals surface area contributed by atoms with E-state index in [1.807, 2.05) is 0 Å². The predicted molar refractivity (Wildman–Crippen MR) is 64.6 cm³/mol. The Kier molecular flexibility index (Phi) is 3.38. The minimum absolute atomic E-state index is 0.218. The summed E-state index contributed by atoms with van der Waals surface area (Å²) in [6.07, 6.45) is 0.218. The highest BCUT2D eigenvalue weighted by Crippen LogP contribution is 2.18. The predicted octanol–water partition coefficient (Wildman–Crippen LogP) is 1.34. The molecule has 1 N–H and O–H groups in total. The Labute approximate surface area is 107 Å². The highest BCUT2D eigenvalue weighted by molar-refractivity contribution is 9.10. The average Bonchev–Trinajstić information content (AvgIpc) is 2.28. The van der Waals surface area contributed by atoms with Gasteiger partial charge in [0.25, 0.3) is 0 Å². The molecule has 1 unspecified atom stereocenters. The second-order valence-electron chi connectivity index (χ2n) is 3.81. The smallest absolute Gasteiger partial charge is 0.238 e. The number of amides is 1. The molecule has 4 nitrogen and oxygen atoms in total. The molecule has 1 aliphatic heterocycles. The fourth-order valence-electron chi connectivity index (χ4n) is 1.78. The van der Waals surface area contributed by atoms with Gasteiger partial charge < -0.3 is 5.32 Å². The van der Waals surface area contributed by atoms with E-state index < -0.39 is 17.6 Å². The molecule has 1 heterocycles. The molecule has 0 aliphatic carbocycles. The Morgan fingerprint density at radius 3 is 2.76 bits per heavy atom. The van der Waals surface area contributed by atoms with E-state index in [1.165, 1.54) is 0 Å². The molecule has 1 atom stereocenters. The van der Waals surface area contributed by atoms with Crippen molar-refractivity contribution in [3.05, 3.63) is 34.3 Å². The zero-order valence-corrected chi connectivity index (χ0v) is 10.5. The first kappa shape index (κ1) is 12.0. The zero-order valence-electron chi connectivity index (χ0n) is 8.90. The molecular formula is C12H10BrNO3. The molecule has 1 fully saturated rings. The molecule has 1 saturated heterocycles. The first-order chi connectivity index (χ1) is 8.09. The lowest BCUT2D eigenvalue weighted by Gasteiger charge is -2.19. The Hall–Kier alpha value is -1.49. The lowest BCUT2D eigenvalue weighted by Crippen LogP contribution is -2.46. The van der Waals surface area contributed by atoms with Gasteiger partial charge in [0.15, 0.2) is 17.5 Å². The number of benzene rings is 1. The number of carbonyl (C=O) groups excluding carboxylic acids is 3. The summed E-state index contributed by atoms with van der Waals surface area (Å²) >= 11 is 3.25. The van der Waals surface area contributed by atoms with Gasteiger partial charge >= 0.3 is 0 Å². The van der Waals surface area contributed by atoms with Crippen molar-refractivity contribution in [1.29, 1.82) is 0 Å². The number of rotatable bonds is 2. The van der Waals surface area contributed by atoms with Crippen LogP contribution in [0.25, 0.3) is 0 Å². The van der Waals surface area contributed by atoms with Gasteiger partial charge in [-0.1, -0.05) is 28.1 Å². The third-order valence-corrected chi connectivity index (χ3v) is 3.12. The number of nitrogens with one attached hydrogen (secondary N) is 1. The molecule has 0 bridgehead atoms. The van der Waals surface area contributed by atoms with Crippen LogP contribution in [0.5, 0.6) is 0 Å². The van der Waals surface area contributed by atoms with Crippen LogP contribution in [0.2, 0.25) is 0 Å². The molecule has 1 aromatic rings. The first-order valence-corrected chi connectivity index (χ1v) is 5.99. The summed E-state index contributed by atoms with van der Waals surface area (Å²) in [5, 5.41) is 2.54. The first-order valence-electron chi connectivity index (χ1n) is 5.20. The molecule has 0 aromatic heterocycles. The van der Waals surface area contributed by atoms with Crippen LogP contribution in [0.3, 0.4) is 0 Å². The molecule has 0 saturated carbocycles. The topological polar surface area (TPSA) is 63.2 Å². The maximum absolute atomic E-state index is 12.1. The third kappa shape index (κ3) is 2.44. The van der Waals surface area contributed by atoms with E-state index >= 15 is 0 Å². The van der Waals surface area contributed by atoms with Crippen molar-refractivity contribution in [2.24, 2.45) is 5.92 Å². The summed E-state index contributed by atoms with van der Waals surface area (Å²) < 4.78 is 0.743. The molecule has 5 heteroatoms. The zero-order chi connectivity index (χ0) is 12.4. The lowest BCUT2D eigenvalue weighted by atomic mass is 9.89. The van der Waals surface area contributed by atoms with Gasteiger partial charge in [0.05, 0.1) is 0 Å². The third-order valence-electron chi connectivity index (χ3n) is 2.63. The summed E-state index contributed by atoms with van der Waals surface area (Å²) in [7, 11) is 0. The molecule has 1 amide bonds. The maximum Gasteiger partial charge on any atom is 0.238 e. The SMILES string of the molecule is O=C1CCNC(=O)C1C(=O)c1cccc(Br)c1. The van der Waals surface area contributed by atoms with Crippen LogP contribution in [0.4, 0.5) is 0 Å². The Bertz CT molecular complexity index is 482. The van der Waals surface area contributed by atoms with Crippen LogP contribution in [0.1, 0.15) is 16.8 Å². The quantitative estimate of drug-likeness (QED) is 0.661. The maximum atomic E-state index is 12.1. The normalized spacial score (nSPS) is 19.9. The van der Waals surface area contributed by atoms with Crippen molar-refractivity contribution in [3.8, 4) is 0 Å². The summed E-state index contributed by atoms with van der Waals surface area (Å²) in [6.45, 7) is 0.319. The highest BCUT2D eigenvalue weighted by atomic mass is 79.9. The van der Waals surface area contributed by atoms with Crippen molar-refractivity contribution in [3.63, 3.8) is 0 Å². The van der Waals surface area contributed by atoms with Crippen LogP contribution >= 0.6 is 15.9 Å². The van der Waals surface area contributed by atoms with Gasteiger partial charge in [-0.15, -0.1) is 0 Å². The monoisotopic (exact) mass is 295 g/mol. The number of piperidine rings is 1. The molecule has 17 heavy (non-hydrogen) atoms. The summed E-state index contributed by atoms with van der Waals surface area (Å²) in [6, 6.07) is 6.68. The summed E-state index contributed by atoms with van der Waals surface area (Å²) in [5.74, 6) is -2.42. The van der Waals surface area contributed by atoms with Gasteiger partial charge in [-0.3, -0.25) is 14.4 Å². The van der Waals surface area contributed by atoms with Gasteiger partial charge in [-0.05, 0) is 12.1 Å². The Morgan fingerprint density at radius 1 is 1.35 bits per heavy atom.